The van der Waals surface area contributed by atoms with Crippen LogP contribution in [0.2, 0.25) is 0 Å². The SMILES string of the molecule is O=C(C=C(C1CC1)C1CC1)N1CCCC(O)(Cn2ccnn2)C1. The predicted molar refractivity (Wildman–Crippen MR) is 84.3 cm³/mol. The van der Waals surface area contributed by atoms with Crippen LogP contribution in [0.5, 0.6) is 0 Å². The molecule has 23 heavy (non-hydrogen) atoms. The van der Waals surface area contributed by atoms with Gasteiger partial charge in [0.2, 0.25) is 5.91 Å². The minimum atomic E-state index is -0.908. The van der Waals surface area contributed by atoms with E-state index in [2.05, 4.69) is 10.3 Å². The molecule has 2 saturated carbocycles. The normalized spacial score (nSPS) is 27.8. The predicted octanol–water partition coefficient (Wildman–Crippen LogP) is 1.38. The van der Waals surface area contributed by atoms with E-state index in [1.165, 1.54) is 31.3 Å². The molecule has 0 bridgehead atoms. The Labute approximate surface area is 136 Å². The minimum absolute atomic E-state index is 0.0792. The first-order valence-electron chi connectivity index (χ1n) is 8.70. The second-order valence-corrected chi connectivity index (χ2v) is 7.38. The fourth-order valence-corrected chi connectivity index (χ4v) is 3.68. The van der Waals surface area contributed by atoms with E-state index in [4.69, 9.17) is 0 Å². The van der Waals surface area contributed by atoms with E-state index in [-0.39, 0.29) is 5.91 Å². The van der Waals surface area contributed by atoms with Crippen LogP contribution in [-0.4, -0.2) is 49.6 Å². The van der Waals surface area contributed by atoms with Crippen LogP contribution < -0.4 is 0 Å². The van der Waals surface area contributed by atoms with Crippen LogP contribution in [0.3, 0.4) is 0 Å². The summed E-state index contributed by atoms with van der Waals surface area (Å²) >= 11 is 0. The number of hydrogen-bond acceptors (Lipinski definition) is 4. The second-order valence-electron chi connectivity index (χ2n) is 7.38. The molecule has 1 N–H and O–H groups in total. The molecule has 1 aromatic heterocycles. The summed E-state index contributed by atoms with van der Waals surface area (Å²) < 4.78 is 1.64. The lowest BCUT2D eigenvalue weighted by molar-refractivity contribution is -0.134. The molecule has 3 fully saturated rings. The smallest absolute Gasteiger partial charge is 0.246 e. The van der Waals surface area contributed by atoms with E-state index < -0.39 is 5.60 Å². The van der Waals surface area contributed by atoms with Crippen molar-refractivity contribution in [2.24, 2.45) is 11.8 Å². The molecular formula is C17H24N4O2. The third kappa shape index (κ3) is 3.47. The van der Waals surface area contributed by atoms with Gasteiger partial charge in [0.1, 0.15) is 5.60 Å². The maximum atomic E-state index is 12.7. The van der Waals surface area contributed by atoms with Crippen molar-refractivity contribution in [3.05, 3.63) is 24.0 Å². The van der Waals surface area contributed by atoms with Gasteiger partial charge >= 0.3 is 0 Å². The number of carbonyl (C=O) groups is 1. The number of allylic oxidation sites excluding steroid dienone is 1. The zero-order chi connectivity index (χ0) is 15.9. The summed E-state index contributed by atoms with van der Waals surface area (Å²) in [6, 6.07) is 0. The van der Waals surface area contributed by atoms with E-state index in [9.17, 15) is 9.90 Å². The lowest BCUT2D eigenvalue weighted by Crippen LogP contribution is -2.52. The van der Waals surface area contributed by atoms with Crippen molar-refractivity contribution in [1.82, 2.24) is 19.9 Å². The fourth-order valence-electron chi connectivity index (χ4n) is 3.68. The molecule has 0 radical (unpaired) electrons. The first-order valence-corrected chi connectivity index (χ1v) is 8.70. The molecule has 6 heteroatoms. The average Bonchev–Trinajstić information content (AvgIpc) is 3.45. The Bertz CT molecular complexity index is 590. The molecule has 1 unspecified atom stereocenters. The van der Waals surface area contributed by atoms with E-state index in [1.54, 1.807) is 17.1 Å². The lowest BCUT2D eigenvalue weighted by atomic mass is 9.92. The first kappa shape index (κ1) is 14.9. The zero-order valence-corrected chi connectivity index (χ0v) is 13.4. The Kier molecular flexibility index (Phi) is 3.71. The van der Waals surface area contributed by atoms with E-state index >= 15 is 0 Å². The molecule has 1 aromatic rings. The third-order valence-electron chi connectivity index (χ3n) is 5.18. The highest BCUT2D eigenvalue weighted by Crippen LogP contribution is 2.48. The maximum Gasteiger partial charge on any atom is 0.246 e. The van der Waals surface area contributed by atoms with Gasteiger partial charge in [0.05, 0.1) is 19.3 Å². The van der Waals surface area contributed by atoms with Crippen molar-refractivity contribution in [1.29, 1.82) is 0 Å². The van der Waals surface area contributed by atoms with Crippen LogP contribution in [0.15, 0.2) is 24.0 Å². The summed E-state index contributed by atoms with van der Waals surface area (Å²) in [5, 5.41) is 18.5. The quantitative estimate of drug-likeness (QED) is 0.833. The topological polar surface area (TPSA) is 71.2 Å². The number of β-amino-alcohol motifs (C(OH)–C–C–N with tert-alkyl or cyclic N) is 1. The molecule has 124 valence electrons. The van der Waals surface area contributed by atoms with Gasteiger partial charge in [0.25, 0.3) is 0 Å². The van der Waals surface area contributed by atoms with Crippen LogP contribution in [0, 0.1) is 11.8 Å². The summed E-state index contributed by atoms with van der Waals surface area (Å²) in [5.74, 6) is 1.39. The van der Waals surface area contributed by atoms with E-state index in [1.807, 2.05) is 11.0 Å². The summed E-state index contributed by atoms with van der Waals surface area (Å²) in [6.07, 6.45) is 11.7. The largest absolute Gasteiger partial charge is 0.386 e. The van der Waals surface area contributed by atoms with Gasteiger partial charge in [-0.05, 0) is 50.4 Å². The summed E-state index contributed by atoms with van der Waals surface area (Å²) in [6.45, 7) is 1.50. The van der Waals surface area contributed by atoms with Crippen molar-refractivity contribution >= 4 is 5.91 Å². The Hall–Kier alpha value is -1.69. The Balaban J connectivity index is 1.44. The molecule has 1 atom stereocenters. The number of hydrogen-bond donors (Lipinski definition) is 1. The summed E-state index contributed by atoms with van der Waals surface area (Å²) in [7, 11) is 0. The van der Waals surface area contributed by atoms with Crippen LogP contribution in [0.1, 0.15) is 38.5 Å². The highest BCUT2D eigenvalue weighted by atomic mass is 16.3. The van der Waals surface area contributed by atoms with Gasteiger partial charge in [-0.2, -0.15) is 0 Å². The monoisotopic (exact) mass is 316 g/mol. The molecule has 1 saturated heterocycles. The van der Waals surface area contributed by atoms with Gasteiger partial charge in [0, 0.05) is 18.8 Å². The van der Waals surface area contributed by atoms with Crippen LogP contribution in [0.25, 0.3) is 0 Å². The molecule has 1 aliphatic heterocycles. The standard InChI is InChI=1S/C17H24N4O2/c22-16(10-15(13-2-3-13)14-4-5-14)20-8-1-6-17(23,11-20)12-21-9-7-18-19-21/h7,9-10,13-14,23H,1-6,8,11-12H2. The number of amides is 1. The number of piperidine rings is 1. The van der Waals surface area contributed by atoms with Crippen molar-refractivity contribution in [2.75, 3.05) is 13.1 Å². The number of likely N-dealkylation sites (tertiary alicyclic amines) is 1. The van der Waals surface area contributed by atoms with Crippen LogP contribution in [-0.2, 0) is 11.3 Å². The van der Waals surface area contributed by atoms with Gasteiger partial charge in [-0.15, -0.1) is 5.10 Å². The van der Waals surface area contributed by atoms with Crippen LogP contribution in [0.4, 0.5) is 0 Å². The minimum Gasteiger partial charge on any atom is -0.386 e. The molecule has 3 aliphatic rings. The molecule has 1 amide bonds. The molecule has 2 heterocycles. The summed E-state index contributed by atoms with van der Waals surface area (Å²) in [5.41, 5.74) is 0.467. The molecule has 4 rings (SSSR count). The highest BCUT2D eigenvalue weighted by molar-refractivity contribution is 5.88. The zero-order valence-electron chi connectivity index (χ0n) is 13.4. The summed E-state index contributed by atoms with van der Waals surface area (Å²) in [4.78, 5) is 14.5. The average molecular weight is 316 g/mol. The van der Waals surface area contributed by atoms with Gasteiger partial charge in [-0.25, -0.2) is 4.68 Å². The van der Waals surface area contributed by atoms with E-state index in [0.29, 0.717) is 31.3 Å². The maximum absolute atomic E-state index is 12.7. The first-order chi connectivity index (χ1) is 11.1. The lowest BCUT2D eigenvalue weighted by Gasteiger charge is -2.38. The van der Waals surface area contributed by atoms with Gasteiger partial charge in [0.15, 0.2) is 0 Å². The fraction of sp³-hybridized carbons (Fsp3) is 0.706. The van der Waals surface area contributed by atoms with Gasteiger partial charge in [-0.1, -0.05) is 10.8 Å². The third-order valence-corrected chi connectivity index (χ3v) is 5.18. The number of nitrogens with zero attached hydrogens (tertiary/aromatic N) is 4. The van der Waals surface area contributed by atoms with Gasteiger partial charge in [-0.3, -0.25) is 4.79 Å². The molecule has 0 aromatic carbocycles. The van der Waals surface area contributed by atoms with Crippen molar-refractivity contribution in [2.45, 2.75) is 50.7 Å². The van der Waals surface area contributed by atoms with Crippen molar-refractivity contribution in [3.8, 4) is 0 Å². The van der Waals surface area contributed by atoms with Gasteiger partial charge < -0.3 is 10.0 Å². The molecular weight excluding hydrogens is 292 g/mol. The highest BCUT2D eigenvalue weighted by Gasteiger charge is 2.39. The van der Waals surface area contributed by atoms with Crippen molar-refractivity contribution in [3.63, 3.8) is 0 Å². The van der Waals surface area contributed by atoms with Crippen LogP contribution >= 0.6 is 0 Å². The Morgan fingerprint density at radius 3 is 2.65 bits per heavy atom. The van der Waals surface area contributed by atoms with Crippen molar-refractivity contribution < 1.29 is 9.90 Å². The Morgan fingerprint density at radius 1 is 1.30 bits per heavy atom. The number of aliphatic hydroxyl groups is 1. The second kappa shape index (κ2) is 5.74. The number of rotatable bonds is 5. The Morgan fingerprint density at radius 2 is 2.04 bits per heavy atom. The molecule has 2 aliphatic carbocycles. The number of aromatic nitrogens is 3. The molecule has 6 nitrogen and oxygen atoms in total. The van der Waals surface area contributed by atoms with E-state index in [0.717, 1.165) is 13.0 Å². The number of carbonyl (C=O) groups excluding carboxylic acids is 1. The molecule has 0 spiro atoms.